The second-order valence-corrected chi connectivity index (χ2v) is 5.53. The summed E-state index contributed by atoms with van der Waals surface area (Å²) in [7, 11) is 0. The first-order valence-corrected chi connectivity index (χ1v) is 6.61. The van der Waals surface area contributed by atoms with Crippen molar-refractivity contribution in [2.24, 2.45) is 17.8 Å². The second kappa shape index (κ2) is 5.07. The number of carbonyl (C=O) groups is 2. The molecule has 4 nitrogen and oxygen atoms in total. The first-order chi connectivity index (χ1) is 8.08. The van der Waals surface area contributed by atoms with E-state index in [0.29, 0.717) is 18.8 Å². The highest BCUT2D eigenvalue weighted by Gasteiger charge is 2.35. The van der Waals surface area contributed by atoms with Crippen LogP contribution in [0.1, 0.15) is 45.4 Å². The summed E-state index contributed by atoms with van der Waals surface area (Å²) in [5.41, 5.74) is 0. The van der Waals surface area contributed by atoms with Crippen LogP contribution in [-0.2, 0) is 9.59 Å². The van der Waals surface area contributed by atoms with Crippen LogP contribution in [0, 0.1) is 17.8 Å². The number of aliphatic carboxylic acids is 1. The third kappa shape index (κ3) is 2.79. The molecule has 2 aliphatic rings. The van der Waals surface area contributed by atoms with Gasteiger partial charge < -0.3 is 10.4 Å². The summed E-state index contributed by atoms with van der Waals surface area (Å²) in [6.45, 7) is 2.06. The van der Waals surface area contributed by atoms with Crippen LogP contribution in [-0.4, -0.2) is 23.0 Å². The average Bonchev–Trinajstić information content (AvgIpc) is 2.62. The Morgan fingerprint density at radius 2 is 1.82 bits per heavy atom. The molecule has 0 aromatic carbocycles. The van der Waals surface area contributed by atoms with E-state index in [4.69, 9.17) is 5.11 Å². The fourth-order valence-electron chi connectivity index (χ4n) is 2.84. The van der Waals surface area contributed by atoms with Gasteiger partial charge >= 0.3 is 5.97 Å². The third-order valence-electron chi connectivity index (χ3n) is 4.38. The smallest absolute Gasteiger partial charge is 0.306 e. The molecule has 1 unspecified atom stereocenters. The van der Waals surface area contributed by atoms with Crippen molar-refractivity contribution in [1.29, 1.82) is 0 Å². The van der Waals surface area contributed by atoms with Crippen LogP contribution in [0.3, 0.4) is 0 Å². The van der Waals surface area contributed by atoms with Gasteiger partial charge in [-0.15, -0.1) is 0 Å². The molecule has 0 aromatic heterocycles. The van der Waals surface area contributed by atoms with Crippen LogP contribution in [0.15, 0.2) is 0 Å². The van der Waals surface area contributed by atoms with Crippen molar-refractivity contribution in [3.8, 4) is 0 Å². The Kier molecular flexibility index (Phi) is 3.69. The molecule has 0 saturated heterocycles. The number of carbonyl (C=O) groups excluding carboxylic acids is 1. The highest BCUT2D eigenvalue weighted by molar-refractivity contribution is 5.81. The summed E-state index contributed by atoms with van der Waals surface area (Å²) >= 11 is 0. The van der Waals surface area contributed by atoms with Crippen LogP contribution in [0.2, 0.25) is 0 Å². The molecule has 2 aliphatic carbocycles. The van der Waals surface area contributed by atoms with Crippen molar-refractivity contribution in [1.82, 2.24) is 5.32 Å². The van der Waals surface area contributed by atoms with Gasteiger partial charge in [0.15, 0.2) is 0 Å². The van der Waals surface area contributed by atoms with Gasteiger partial charge in [-0.1, -0.05) is 6.42 Å². The lowest BCUT2D eigenvalue weighted by Crippen LogP contribution is -2.43. The zero-order chi connectivity index (χ0) is 12.4. The van der Waals surface area contributed by atoms with Crippen molar-refractivity contribution in [3.63, 3.8) is 0 Å². The molecule has 2 fully saturated rings. The van der Waals surface area contributed by atoms with E-state index in [-0.39, 0.29) is 23.8 Å². The SMILES string of the molecule is CC(NC(=O)[C@@H]1CC[C@H](C(=O)O)C1)C1CCC1. The van der Waals surface area contributed by atoms with Gasteiger partial charge in [0, 0.05) is 12.0 Å². The molecule has 0 radical (unpaired) electrons. The summed E-state index contributed by atoms with van der Waals surface area (Å²) in [6, 6.07) is 0.250. The molecule has 2 saturated carbocycles. The number of carboxylic acids is 1. The fraction of sp³-hybridized carbons (Fsp3) is 0.846. The lowest BCUT2D eigenvalue weighted by molar-refractivity contribution is -0.141. The second-order valence-electron chi connectivity index (χ2n) is 5.53. The maximum atomic E-state index is 12.0. The summed E-state index contributed by atoms with van der Waals surface area (Å²) in [5.74, 6) is -0.459. The van der Waals surface area contributed by atoms with Crippen molar-refractivity contribution >= 4 is 11.9 Å². The number of amides is 1. The standard InChI is InChI=1S/C13H21NO3/c1-8(9-3-2-4-9)14-12(15)10-5-6-11(7-10)13(16)17/h8-11H,2-7H2,1H3,(H,14,15)(H,16,17)/t8?,10-,11+/m1/s1. The Bertz CT molecular complexity index is 312. The van der Waals surface area contributed by atoms with Crippen LogP contribution in [0.25, 0.3) is 0 Å². The quantitative estimate of drug-likeness (QED) is 0.786. The lowest BCUT2D eigenvalue weighted by Gasteiger charge is -2.32. The van der Waals surface area contributed by atoms with Crippen molar-refractivity contribution in [2.75, 3.05) is 0 Å². The van der Waals surface area contributed by atoms with Gasteiger partial charge in [0.2, 0.25) is 5.91 Å². The van der Waals surface area contributed by atoms with Crippen molar-refractivity contribution in [2.45, 2.75) is 51.5 Å². The van der Waals surface area contributed by atoms with E-state index < -0.39 is 5.97 Å². The molecule has 3 atom stereocenters. The van der Waals surface area contributed by atoms with E-state index in [1.54, 1.807) is 0 Å². The predicted molar refractivity (Wildman–Crippen MR) is 63.4 cm³/mol. The third-order valence-corrected chi connectivity index (χ3v) is 4.38. The molecular formula is C13H21NO3. The molecule has 1 amide bonds. The number of carboxylic acid groups (broad SMARTS) is 1. The van der Waals surface area contributed by atoms with Gasteiger partial charge in [-0.05, 0) is 44.9 Å². The molecule has 96 valence electrons. The molecule has 0 aromatic rings. The van der Waals surface area contributed by atoms with E-state index in [1.165, 1.54) is 19.3 Å². The Morgan fingerprint density at radius 3 is 2.29 bits per heavy atom. The maximum Gasteiger partial charge on any atom is 0.306 e. The van der Waals surface area contributed by atoms with E-state index in [2.05, 4.69) is 12.2 Å². The summed E-state index contributed by atoms with van der Waals surface area (Å²) in [4.78, 5) is 22.8. The minimum atomic E-state index is -0.757. The Hall–Kier alpha value is -1.06. The molecule has 2 N–H and O–H groups in total. The normalized spacial score (nSPS) is 30.6. The number of rotatable bonds is 4. The van der Waals surface area contributed by atoms with Crippen LogP contribution in [0.5, 0.6) is 0 Å². The summed E-state index contributed by atoms with van der Waals surface area (Å²) in [5, 5.41) is 11.9. The summed E-state index contributed by atoms with van der Waals surface area (Å²) in [6.07, 6.45) is 5.58. The zero-order valence-corrected chi connectivity index (χ0v) is 10.3. The van der Waals surface area contributed by atoms with Crippen LogP contribution in [0.4, 0.5) is 0 Å². The van der Waals surface area contributed by atoms with E-state index in [9.17, 15) is 9.59 Å². The predicted octanol–water partition coefficient (Wildman–Crippen LogP) is 1.79. The number of hydrogen-bond acceptors (Lipinski definition) is 2. The Balaban J connectivity index is 1.78. The van der Waals surface area contributed by atoms with Gasteiger partial charge in [-0.2, -0.15) is 0 Å². The van der Waals surface area contributed by atoms with Crippen LogP contribution >= 0.6 is 0 Å². The first-order valence-electron chi connectivity index (χ1n) is 6.61. The van der Waals surface area contributed by atoms with E-state index >= 15 is 0 Å². The number of hydrogen-bond donors (Lipinski definition) is 2. The summed E-state index contributed by atoms with van der Waals surface area (Å²) < 4.78 is 0. The minimum Gasteiger partial charge on any atom is -0.481 e. The molecule has 0 aliphatic heterocycles. The highest BCUT2D eigenvalue weighted by Crippen LogP contribution is 2.33. The van der Waals surface area contributed by atoms with Gasteiger partial charge in [0.25, 0.3) is 0 Å². The van der Waals surface area contributed by atoms with Gasteiger partial charge in [0.1, 0.15) is 0 Å². The fourth-order valence-corrected chi connectivity index (χ4v) is 2.84. The van der Waals surface area contributed by atoms with Gasteiger partial charge in [-0.25, -0.2) is 0 Å². The Labute approximate surface area is 102 Å². The van der Waals surface area contributed by atoms with Gasteiger partial charge in [0.05, 0.1) is 5.92 Å². The molecule has 17 heavy (non-hydrogen) atoms. The molecular weight excluding hydrogens is 218 g/mol. The molecule has 2 rings (SSSR count). The molecule has 0 bridgehead atoms. The highest BCUT2D eigenvalue weighted by atomic mass is 16.4. The van der Waals surface area contributed by atoms with E-state index in [0.717, 1.165) is 6.42 Å². The zero-order valence-electron chi connectivity index (χ0n) is 10.3. The van der Waals surface area contributed by atoms with Crippen molar-refractivity contribution < 1.29 is 14.7 Å². The monoisotopic (exact) mass is 239 g/mol. The molecule has 0 spiro atoms. The average molecular weight is 239 g/mol. The minimum absolute atomic E-state index is 0.0631. The van der Waals surface area contributed by atoms with Crippen LogP contribution < -0.4 is 5.32 Å². The van der Waals surface area contributed by atoms with E-state index in [1.807, 2.05) is 0 Å². The largest absolute Gasteiger partial charge is 0.481 e. The topological polar surface area (TPSA) is 66.4 Å². The number of nitrogens with one attached hydrogen (secondary N) is 1. The maximum absolute atomic E-state index is 12.0. The van der Waals surface area contributed by atoms with Gasteiger partial charge in [-0.3, -0.25) is 9.59 Å². The lowest BCUT2D eigenvalue weighted by atomic mass is 9.80. The first kappa shape index (κ1) is 12.4. The molecule has 4 heteroatoms. The van der Waals surface area contributed by atoms with Crippen molar-refractivity contribution in [3.05, 3.63) is 0 Å². The Morgan fingerprint density at radius 1 is 1.18 bits per heavy atom. The molecule has 0 heterocycles.